The number of ether oxygens (including phenoxy) is 1. The molecule has 1 fully saturated rings. The molecule has 0 aliphatic carbocycles. The number of carbonyl (C=O) groups is 1. The van der Waals surface area contributed by atoms with Gasteiger partial charge in [0, 0.05) is 0 Å². The van der Waals surface area contributed by atoms with Crippen LogP contribution in [0, 0.1) is 5.92 Å². The fourth-order valence-corrected chi connectivity index (χ4v) is 2.91. The fourth-order valence-electron chi connectivity index (χ4n) is 2.91. The molecule has 142 valence electrons. The highest BCUT2D eigenvalue weighted by Crippen LogP contribution is 2.32. The van der Waals surface area contributed by atoms with Crippen LogP contribution in [0.4, 0.5) is 5.82 Å². The minimum Gasteiger partial charge on any atom is -0.394 e. The largest absolute Gasteiger partial charge is 0.394 e. The number of rotatable bonds is 5. The van der Waals surface area contributed by atoms with E-state index < -0.39 is 43.0 Å². The Labute approximate surface area is 149 Å². The second-order valence-corrected chi connectivity index (χ2v) is 6.63. The van der Waals surface area contributed by atoms with Gasteiger partial charge in [0.05, 0.1) is 19.0 Å². The van der Waals surface area contributed by atoms with Gasteiger partial charge in [-0.15, -0.1) is 0 Å². The third kappa shape index (κ3) is 3.09. The number of nitrogens with one attached hydrogen (secondary N) is 1. The molecule has 1 aliphatic heterocycles. The number of carbonyl (C=O) groups excluding carboxylic acids is 1. The summed E-state index contributed by atoms with van der Waals surface area (Å²) in [5, 5.41) is 22.7. The summed E-state index contributed by atoms with van der Waals surface area (Å²) < 4.78 is 7.27. The number of amides is 1. The summed E-state index contributed by atoms with van der Waals surface area (Å²) in [5.74, 6) is -0.300. The van der Waals surface area contributed by atoms with Crippen LogP contribution in [0.25, 0.3) is 11.2 Å². The molecule has 3 rings (SSSR count). The molecule has 0 radical (unpaired) electrons. The Balaban J connectivity index is 1.94. The maximum atomic E-state index is 12.4. The van der Waals surface area contributed by atoms with Gasteiger partial charge in [0.1, 0.15) is 30.1 Å². The number of aliphatic hydroxyl groups is 2. The van der Waals surface area contributed by atoms with Gasteiger partial charge in [0.2, 0.25) is 5.91 Å². The van der Waals surface area contributed by atoms with Crippen molar-refractivity contribution in [1.82, 2.24) is 24.8 Å². The van der Waals surface area contributed by atoms with Gasteiger partial charge in [-0.25, -0.2) is 15.0 Å². The molecular weight excluding hydrogens is 342 g/mol. The molecule has 0 spiro atoms. The maximum absolute atomic E-state index is 12.4. The van der Waals surface area contributed by atoms with Gasteiger partial charge in [0.25, 0.3) is 0 Å². The average molecular weight is 365 g/mol. The number of fused-ring (bicyclic) bond motifs is 1. The Hall–Kier alpha value is -2.34. The number of anilines is 1. The molecule has 5 atom stereocenters. The second-order valence-electron chi connectivity index (χ2n) is 6.63. The Morgan fingerprint density at radius 1 is 1.42 bits per heavy atom. The molecule has 2 aromatic rings. The van der Waals surface area contributed by atoms with Crippen LogP contribution in [0.2, 0.25) is 0 Å². The first-order valence-corrected chi connectivity index (χ1v) is 8.28. The van der Waals surface area contributed by atoms with Crippen molar-refractivity contribution in [3.8, 4) is 0 Å². The van der Waals surface area contributed by atoms with E-state index in [0.717, 1.165) is 0 Å². The molecule has 11 nitrogen and oxygen atoms in total. The number of nitrogen functional groups attached to an aromatic ring is 1. The standard InChI is InChI=1S/C15H23N7O4/c1-6(2)8(16)14(25)21-9-11(24)7(3-23)26-15(9)22-5-20-10-12(17)18-4-19-13(10)22/h4-9,11,15,23-24H,3,16H2,1-2H3,(H,21,25)(H2,17,18,19)/t7-,8?,9?,11+,15-/m1/s1. The Kier molecular flexibility index (Phi) is 5.05. The van der Waals surface area contributed by atoms with Crippen LogP contribution in [0.1, 0.15) is 20.1 Å². The van der Waals surface area contributed by atoms with Gasteiger partial charge in [-0.05, 0) is 5.92 Å². The van der Waals surface area contributed by atoms with E-state index >= 15 is 0 Å². The fraction of sp³-hybridized carbons (Fsp3) is 0.600. The first-order valence-electron chi connectivity index (χ1n) is 8.28. The van der Waals surface area contributed by atoms with E-state index in [9.17, 15) is 15.0 Å². The van der Waals surface area contributed by atoms with Crippen molar-refractivity contribution >= 4 is 22.9 Å². The summed E-state index contributed by atoms with van der Waals surface area (Å²) >= 11 is 0. The van der Waals surface area contributed by atoms with Gasteiger partial charge in [-0.1, -0.05) is 13.8 Å². The molecule has 26 heavy (non-hydrogen) atoms. The summed E-state index contributed by atoms with van der Waals surface area (Å²) in [6.45, 7) is 3.23. The van der Waals surface area contributed by atoms with Crippen molar-refractivity contribution in [2.45, 2.75) is 44.4 Å². The van der Waals surface area contributed by atoms with Crippen LogP contribution in [0.15, 0.2) is 12.7 Å². The van der Waals surface area contributed by atoms with Crippen LogP contribution in [-0.4, -0.2) is 66.5 Å². The Morgan fingerprint density at radius 2 is 2.15 bits per heavy atom. The molecule has 0 saturated carbocycles. The van der Waals surface area contributed by atoms with Crippen molar-refractivity contribution in [3.05, 3.63) is 12.7 Å². The molecule has 1 aliphatic rings. The highest BCUT2D eigenvalue weighted by molar-refractivity contribution is 5.82. The molecule has 7 N–H and O–H groups in total. The van der Waals surface area contributed by atoms with Crippen LogP contribution >= 0.6 is 0 Å². The van der Waals surface area contributed by atoms with Crippen LogP contribution < -0.4 is 16.8 Å². The SMILES string of the molecule is CC(C)C(N)C(=O)NC1[C@@H](O)[C@@H](CO)O[C@H]1n1cnc2c(N)ncnc21. The van der Waals surface area contributed by atoms with Gasteiger partial charge < -0.3 is 31.7 Å². The van der Waals surface area contributed by atoms with E-state index in [-0.39, 0.29) is 11.7 Å². The number of aliphatic hydroxyl groups excluding tert-OH is 2. The van der Waals surface area contributed by atoms with Crippen LogP contribution in [0.5, 0.6) is 0 Å². The lowest BCUT2D eigenvalue weighted by Gasteiger charge is -2.25. The number of hydrogen-bond donors (Lipinski definition) is 5. The monoisotopic (exact) mass is 365 g/mol. The molecule has 2 unspecified atom stereocenters. The number of imidazole rings is 1. The van der Waals surface area contributed by atoms with Gasteiger partial charge >= 0.3 is 0 Å². The third-order valence-electron chi connectivity index (χ3n) is 4.54. The molecule has 11 heteroatoms. The van der Waals surface area contributed by atoms with E-state index in [1.54, 1.807) is 0 Å². The van der Waals surface area contributed by atoms with E-state index in [4.69, 9.17) is 16.2 Å². The normalized spacial score (nSPS) is 27.2. The number of aromatic nitrogens is 4. The van der Waals surface area contributed by atoms with Crippen LogP contribution in [0.3, 0.4) is 0 Å². The quantitative estimate of drug-likeness (QED) is 0.406. The van der Waals surface area contributed by atoms with Gasteiger partial charge in [-0.3, -0.25) is 9.36 Å². The smallest absolute Gasteiger partial charge is 0.237 e. The highest BCUT2D eigenvalue weighted by atomic mass is 16.5. The molecule has 0 bridgehead atoms. The lowest BCUT2D eigenvalue weighted by atomic mass is 10.0. The molecule has 1 saturated heterocycles. The molecular formula is C15H23N7O4. The zero-order valence-electron chi connectivity index (χ0n) is 14.5. The third-order valence-corrected chi connectivity index (χ3v) is 4.54. The van der Waals surface area contributed by atoms with Crippen molar-refractivity contribution in [2.24, 2.45) is 11.7 Å². The van der Waals surface area contributed by atoms with Crippen molar-refractivity contribution in [3.63, 3.8) is 0 Å². The average Bonchev–Trinajstić information content (AvgIpc) is 3.17. The minimum atomic E-state index is -1.13. The summed E-state index contributed by atoms with van der Waals surface area (Å²) in [5.41, 5.74) is 12.4. The number of nitrogens with two attached hydrogens (primary N) is 2. The Morgan fingerprint density at radius 3 is 2.81 bits per heavy atom. The van der Waals surface area contributed by atoms with Gasteiger partial charge in [0.15, 0.2) is 17.7 Å². The summed E-state index contributed by atoms with van der Waals surface area (Å²) in [6, 6.07) is -1.59. The highest BCUT2D eigenvalue weighted by Gasteiger charge is 2.46. The van der Waals surface area contributed by atoms with Crippen molar-refractivity contribution in [1.29, 1.82) is 0 Å². The molecule has 2 aromatic heterocycles. The van der Waals surface area contributed by atoms with E-state index in [1.807, 2.05) is 13.8 Å². The summed E-state index contributed by atoms with van der Waals surface area (Å²) in [7, 11) is 0. The summed E-state index contributed by atoms with van der Waals surface area (Å²) in [4.78, 5) is 24.6. The van der Waals surface area contributed by atoms with Crippen molar-refractivity contribution < 1.29 is 19.7 Å². The summed E-state index contributed by atoms with van der Waals surface area (Å²) in [6.07, 6.45) is -0.131. The van der Waals surface area contributed by atoms with E-state index in [0.29, 0.717) is 11.2 Å². The second kappa shape index (κ2) is 7.11. The van der Waals surface area contributed by atoms with Gasteiger partial charge in [-0.2, -0.15) is 0 Å². The van der Waals surface area contributed by atoms with Crippen LogP contribution in [-0.2, 0) is 9.53 Å². The Bertz CT molecular complexity index is 795. The lowest BCUT2D eigenvalue weighted by molar-refractivity contribution is -0.125. The van der Waals surface area contributed by atoms with Crippen molar-refractivity contribution in [2.75, 3.05) is 12.3 Å². The number of nitrogens with zero attached hydrogens (tertiary/aromatic N) is 4. The first-order chi connectivity index (χ1) is 12.3. The molecule has 1 amide bonds. The zero-order valence-corrected chi connectivity index (χ0v) is 14.5. The predicted octanol–water partition coefficient (Wildman–Crippen LogP) is -1.87. The topological polar surface area (TPSA) is 174 Å². The minimum absolute atomic E-state index is 0.0804. The maximum Gasteiger partial charge on any atom is 0.237 e. The predicted molar refractivity (Wildman–Crippen MR) is 91.5 cm³/mol. The molecule has 0 aromatic carbocycles. The number of hydrogen-bond acceptors (Lipinski definition) is 9. The molecule has 3 heterocycles. The lowest BCUT2D eigenvalue weighted by Crippen LogP contribution is -2.53. The van der Waals surface area contributed by atoms with E-state index in [1.165, 1.54) is 17.2 Å². The van der Waals surface area contributed by atoms with E-state index in [2.05, 4.69) is 20.3 Å². The zero-order chi connectivity index (χ0) is 19.0. The first kappa shape index (κ1) is 18.5.